The second-order valence-corrected chi connectivity index (χ2v) is 3.19. The zero-order chi connectivity index (χ0) is 11.4. The fourth-order valence-corrected chi connectivity index (χ4v) is 1.04. The van der Waals surface area contributed by atoms with Gasteiger partial charge in [-0.25, -0.2) is 0 Å². The van der Waals surface area contributed by atoms with E-state index in [4.69, 9.17) is 5.73 Å². The Labute approximate surface area is 86.4 Å². The van der Waals surface area contributed by atoms with E-state index in [-0.39, 0.29) is 6.04 Å². The number of nitro groups is 1. The number of nitrogens with two attached hydrogens (primary N) is 1. The number of rotatable bonds is 3. The number of hydrogen-bond acceptors (Lipinski definition) is 3. The molecule has 0 bridgehead atoms. The molecule has 0 aliphatic rings. The zero-order valence-electron chi connectivity index (χ0n) is 8.18. The zero-order valence-corrected chi connectivity index (χ0v) is 8.18. The van der Waals surface area contributed by atoms with Gasteiger partial charge in [0.05, 0.1) is 4.92 Å². The monoisotopic (exact) mass is 210 g/mol. The van der Waals surface area contributed by atoms with Gasteiger partial charge in [-0.1, -0.05) is 12.2 Å². The van der Waals surface area contributed by atoms with Gasteiger partial charge in [0.15, 0.2) is 0 Å². The molecule has 0 spiro atoms. The first-order valence-electron chi connectivity index (χ1n) is 4.38. The maximum atomic E-state index is 13.1. The molecule has 1 unspecified atom stereocenters. The lowest BCUT2D eigenvalue weighted by Crippen LogP contribution is -2.09. The topological polar surface area (TPSA) is 69.2 Å². The Morgan fingerprint density at radius 2 is 2.27 bits per heavy atom. The molecule has 1 rings (SSSR count). The number of nitro benzene ring substituents is 1. The molecule has 4 nitrogen and oxygen atoms in total. The standard InChI is InChI=1S/C10H11FN2O2/c1-7(12)2-3-8-4-5-10(13(14)15)9(11)6-8/h2-7H,12H2,1H3/b3-2+. The van der Waals surface area contributed by atoms with Crippen molar-refractivity contribution in [3.8, 4) is 0 Å². The number of nitrogens with zero attached hydrogens (tertiary/aromatic N) is 1. The predicted molar refractivity (Wildman–Crippen MR) is 55.7 cm³/mol. The summed E-state index contributed by atoms with van der Waals surface area (Å²) in [7, 11) is 0. The molecule has 0 aromatic heterocycles. The minimum Gasteiger partial charge on any atom is -0.325 e. The van der Waals surface area contributed by atoms with Gasteiger partial charge in [-0.05, 0) is 24.6 Å². The SMILES string of the molecule is CC(N)/C=C/c1ccc([N+](=O)[O-])c(F)c1. The van der Waals surface area contributed by atoms with Gasteiger partial charge in [-0.2, -0.15) is 4.39 Å². The minimum absolute atomic E-state index is 0.136. The molecule has 2 N–H and O–H groups in total. The Balaban J connectivity index is 2.97. The van der Waals surface area contributed by atoms with Crippen molar-refractivity contribution in [2.75, 3.05) is 0 Å². The summed E-state index contributed by atoms with van der Waals surface area (Å²) >= 11 is 0. The molecule has 0 aliphatic carbocycles. The lowest BCUT2D eigenvalue weighted by molar-refractivity contribution is -0.387. The lowest BCUT2D eigenvalue weighted by atomic mass is 10.1. The second kappa shape index (κ2) is 4.65. The summed E-state index contributed by atoms with van der Waals surface area (Å²) in [5, 5.41) is 10.3. The van der Waals surface area contributed by atoms with E-state index in [0.29, 0.717) is 5.56 Å². The summed E-state index contributed by atoms with van der Waals surface area (Å²) in [5.74, 6) is -0.841. The van der Waals surface area contributed by atoms with Crippen LogP contribution in [0.25, 0.3) is 6.08 Å². The van der Waals surface area contributed by atoms with Crippen molar-refractivity contribution in [2.24, 2.45) is 5.73 Å². The van der Waals surface area contributed by atoms with Crippen molar-refractivity contribution in [1.82, 2.24) is 0 Å². The Kier molecular flexibility index (Phi) is 3.51. The quantitative estimate of drug-likeness (QED) is 0.613. The van der Waals surface area contributed by atoms with Crippen LogP contribution < -0.4 is 5.73 Å². The highest BCUT2D eigenvalue weighted by atomic mass is 19.1. The molecule has 15 heavy (non-hydrogen) atoms. The third-order valence-electron chi connectivity index (χ3n) is 1.76. The van der Waals surface area contributed by atoms with Crippen LogP contribution in [0.15, 0.2) is 24.3 Å². The first-order chi connectivity index (χ1) is 7.00. The van der Waals surface area contributed by atoms with E-state index in [9.17, 15) is 14.5 Å². The van der Waals surface area contributed by atoms with E-state index in [0.717, 1.165) is 12.1 Å². The molecule has 1 aromatic rings. The summed E-state index contributed by atoms with van der Waals surface area (Å²) in [6, 6.07) is 3.58. The molecule has 1 aromatic carbocycles. The maximum absolute atomic E-state index is 13.1. The van der Waals surface area contributed by atoms with E-state index in [1.807, 2.05) is 0 Å². The minimum atomic E-state index is -0.841. The first-order valence-corrected chi connectivity index (χ1v) is 4.38. The van der Waals surface area contributed by atoms with Crippen LogP contribution in [-0.2, 0) is 0 Å². The van der Waals surface area contributed by atoms with Crippen LogP contribution in [0, 0.1) is 15.9 Å². The second-order valence-electron chi connectivity index (χ2n) is 3.19. The highest BCUT2D eigenvalue weighted by Crippen LogP contribution is 2.18. The van der Waals surface area contributed by atoms with Crippen LogP contribution in [-0.4, -0.2) is 11.0 Å². The molecule has 0 heterocycles. The smallest absolute Gasteiger partial charge is 0.304 e. The van der Waals surface area contributed by atoms with Crippen molar-refractivity contribution in [1.29, 1.82) is 0 Å². The van der Waals surface area contributed by atoms with Crippen LogP contribution in [0.4, 0.5) is 10.1 Å². The summed E-state index contributed by atoms with van der Waals surface area (Å²) in [6.07, 6.45) is 3.30. The van der Waals surface area contributed by atoms with Crippen LogP contribution in [0.2, 0.25) is 0 Å². The molecule has 0 aliphatic heterocycles. The maximum Gasteiger partial charge on any atom is 0.304 e. The van der Waals surface area contributed by atoms with Gasteiger partial charge in [0.1, 0.15) is 0 Å². The van der Waals surface area contributed by atoms with Crippen LogP contribution in [0.3, 0.4) is 0 Å². The number of hydrogen-bond donors (Lipinski definition) is 1. The fraction of sp³-hybridized carbons (Fsp3) is 0.200. The van der Waals surface area contributed by atoms with Crippen LogP contribution in [0.1, 0.15) is 12.5 Å². The van der Waals surface area contributed by atoms with Gasteiger partial charge in [0.25, 0.3) is 0 Å². The average molecular weight is 210 g/mol. The normalized spacial score (nSPS) is 13.0. The Bertz CT molecular complexity index is 402. The van der Waals surface area contributed by atoms with E-state index < -0.39 is 16.4 Å². The summed E-state index contributed by atoms with van der Waals surface area (Å²) in [5.41, 5.74) is 5.50. The summed E-state index contributed by atoms with van der Waals surface area (Å²) in [6.45, 7) is 1.78. The van der Waals surface area contributed by atoms with Gasteiger partial charge < -0.3 is 5.73 Å². The molecule has 0 saturated heterocycles. The van der Waals surface area contributed by atoms with Crippen molar-refractivity contribution in [3.05, 3.63) is 45.8 Å². The van der Waals surface area contributed by atoms with Crippen molar-refractivity contribution >= 4 is 11.8 Å². The molecular weight excluding hydrogens is 199 g/mol. The first kappa shape index (κ1) is 11.3. The molecule has 0 saturated carbocycles. The molecule has 1 atom stereocenters. The van der Waals surface area contributed by atoms with Gasteiger partial charge in [-0.15, -0.1) is 0 Å². The lowest BCUT2D eigenvalue weighted by Gasteiger charge is -1.97. The van der Waals surface area contributed by atoms with Crippen molar-refractivity contribution in [2.45, 2.75) is 13.0 Å². The number of benzene rings is 1. The highest BCUT2D eigenvalue weighted by molar-refractivity contribution is 5.52. The molecule has 80 valence electrons. The van der Waals surface area contributed by atoms with Gasteiger partial charge >= 0.3 is 5.69 Å². The largest absolute Gasteiger partial charge is 0.325 e. The van der Waals surface area contributed by atoms with E-state index in [1.54, 1.807) is 19.1 Å². The van der Waals surface area contributed by atoms with Gasteiger partial charge in [0.2, 0.25) is 5.82 Å². The third kappa shape index (κ3) is 3.14. The Morgan fingerprint density at radius 3 is 2.73 bits per heavy atom. The highest BCUT2D eigenvalue weighted by Gasteiger charge is 2.12. The van der Waals surface area contributed by atoms with Crippen LogP contribution >= 0.6 is 0 Å². The van der Waals surface area contributed by atoms with Gasteiger partial charge in [0, 0.05) is 12.1 Å². The fourth-order valence-electron chi connectivity index (χ4n) is 1.04. The summed E-state index contributed by atoms with van der Waals surface area (Å²) < 4.78 is 13.1. The van der Waals surface area contributed by atoms with Crippen molar-refractivity contribution in [3.63, 3.8) is 0 Å². The molecule has 0 fully saturated rings. The number of halogens is 1. The molecule has 5 heteroatoms. The van der Waals surface area contributed by atoms with E-state index >= 15 is 0 Å². The molecule has 0 amide bonds. The predicted octanol–water partition coefficient (Wildman–Crippen LogP) is 2.09. The van der Waals surface area contributed by atoms with Crippen LogP contribution in [0.5, 0.6) is 0 Å². The van der Waals surface area contributed by atoms with E-state index in [2.05, 4.69) is 0 Å². The van der Waals surface area contributed by atoms with Gasteiger partial charge in [-0.3, -0.25) is 10.1 Å². The van der Waals surface area contributed by atoms with Crippen molar-refractivity contribution < 1.29 is 9.31 Å². The molecule has 0 radical (unpaired) electrons. The van der Waals surface area contributed by atoms with E-state index in [1.165, 1.54) is 6.07 Å². The Hall–Kier alpha value is -1.75. The Morgan fingerprint density at radius 1 is 1.60 bits per heavy atom. The summed E-state index contributed by atoms with van der Waals surface area (Å²) in [4.78, 5) is 9.57. The average Bonchev–Trinajstić information content (AvgIpc) is 2.14. The molecular formula is C10H11FN2O2. The third-order valence-corrected chi connectivity index (χ3v) is 1.76.